The van der Waals surface area contributed by atoms with Gasteiger partial charge in [-0.2, -0.15) is 5.10 Å². The molecule has 2 aromatic rings. The number of hydrogen-bond donors (Lipinski definition) is 3. The number of nitrogens with zero attached hydrogens (tertiary/aromatic N) is 2. The number of carbonyl (C=O) groups is 4. The first kappa shape index (κ1) is 16.0. The number of hydrogen-bond acceptors (Lipinski definition) is 6. The van der Waals surface area contributed by atoms with E-state index in [1.54, 1.807) is 30.6 Å². The fourth-order valence-corrected chi connectivity index (χ4v) is 3.23. The quantitative estimate of drug-likeness (QED) is 0.685. The van der Waals surface area contributed by atoms with E-state index in [0.717, 1.165) is 10.5 Å². The fraction of sp³-hybridized carbons (Fsp3) is 0.235. The van der Waals surface area contributed by atoms with Gasteiger partial charge in [-0.15, -0.1) is 0 Å². The van der Waals surface area contributed by atoms with E-state index < -0.39 is 29.7 Å². The number of H-pyrrole nitrogens is 1. The van der Waals surface area contributed by atoms with Crippen molar-refractivity contribution in [2.24, 2.45) is 0 Å². The van der Waals surface area contributed by atoms with Crippen LogP contribution in [0.3, 0.4) is 0 Å². The molecule has 1 aromatic carbocycles. The molecule has 2 aliphatic rings. The van der Waals surface area contributed by atoms with Gasteiger partial charge in [0.15, 0.2) is 0 Å². The molecule has 0 radical (unpaired) electrons. The van der Waals surface area contributed by atoms with E-state index in [0.29, 0.717) is 12.2 Å². The van der Waals surface area contributed by atoms with Gasteiger partial charge in [0, 0.05) is 30.4 Å². The molecule has 1 unspecified atom stereocenters. The Kier molecular flexibility index (Phi) is 3.76. The number of anilines is 1. The maximum absolute atomic E-state index is 12.9. The standard InChI is InChI=1S/C17H15N5O4/c23-13-5-4-12(15(24)21-13)22-16(25)10-2-1-3-11(14(10)17(22)26)18-6-9-7-19-20-8-9/h1-3,7-8,12,18H,4-6H2,(H,19,20)(H,21,23,24). The molecular formula is C17H15N5O4. The summed E-state index contributed by atoms with van der Waals surface area (Å²) < 4.78 is 0. The molecule has 3 heterocycles. The van der Waals surface area contributed by atoms with Crippen molar-refractivity contribution in [2.45, 2.75) is 25.4 Å². The van der Waals surface area contributed by atoms with Crippen LogP contribution in [0.2, 0.25) is 0 Å². The third-order valence-electron chi connectivity index (χ3n) is 4.51. The van der Waals surface area contributed by atoms with Crippen LogP contribution in [-0.4, -0.2) is 44.8 Å². The van der Waals surface area contributed by atoms with Gasteiger partial charge in [0.25, 0.3) is 11.8 Å². The molecule has 9 heteroatoms. The molecular weight excluding hydrogens is 338 g/mol. The number of amides is 4. The van der Waals surface area contributed by atoms with E-state index in [9.17, 15) is 19.2 Å². The Morgan fingerprint density at radius 1 is 1.19 bits per heavy atom. The maximum atomic E-state index is 12.9. The Balaban J connectivity index is 1.63. The van der Waals surface area contributed by atoms with Crippen molar-refractivity contribution >= 4 is 29.3 Å². The molecule has 1 aromatic heterocycles. The highest BCUT2D eigenvalue weighted by molar-refractivity contribution is 6.25. The van der Waals surface area contributed by atoms with E-state index in [-0.39, 0.29) is 24.0 Å². The molecule has 9 nitrogen and oxygen atoms in total. The zero-order valence-electron chi connectivity index (χ0n) is 13.6. The van der Waals surface area contributed by atoms with Crippen LogP contribution in [-0.2, 0) is 16.1 Å². The average Bonchev–Trinajstić information content (AvgIpc) is 3.22. The first-order valence-electron chi connectivity index (χ1n) is 8.12. The largest absolute Gasteiger partial charge is 0.380 e. The first-order chi connectivity index (χ1) is 12.6. The number of fused-ring (bicyclic) bond motifs is 1. The number of aromatic nitrogens is 2. The smallest absolute Gasteiger partial charge is 0.264 e. The van der Waals surface area contributed by atoms with Gasteiger partial charge in [0.2, 0.25) is 11.8 Å². The number of imide groups is 2. The predicted octanol–water partition coefficient (Wildman–Crippen LogP) is 0.423. The zero-order valence-corrected chi connectivity index (χ0v) is 13.6. The molecule has 1 saturated heterocycles. The maximum Gasteiger partial charge on any atom is 0.264 e. The highest BCUT2D eigenvalue weighted by Gasteiger charge is 2.45. The molecule has 0 saturated carbocycles. The van der Waals surface area contributed by atoms with Crippen LogP contribution in [0.25, 0.3) is 0 Å². The van der Waals surface area contributed by atoms with Crippen molar-refractivity contribution in [2.75, 3.05) is 5.32 Å². The van der Waals surface area contributed by atoms with Crippen LogP contribution in [0.15, 0.2) is 30.6 Å². The van der Waals surface area contributed by atoms with Crippen molar-refractivity contribution in [1.29, 1.82) is 0 Å². The molecule has 4 rings (SSSR count). The molecule has 0 spiro atoms. The second kappa shape index (κ2) is 6.10. The summed E-state index contributed by atoms with van der Waals surface area (Å²) in [4.78, 5) is 50.0. The second-order valence-corrected chi connectivity index (χ2v) is 6.14. The summed E-state index contributed by atoms with van der Waals surface area (Å²) in [6.07, 6.45) is 3.60. The van der Waals surface area contributed by atoms with Gasteiger partial charge >= 0.3 is 0 Å². The van der Waals surface area contributed by atoms with E-state index >= 15 is 0 Å². The number of nitrogens with one attached hydrogen (secondary N) is 3. The average molecular weight is 353 g/mol. The molecule has 0 aliphatic carbocycles. The molecule has 4 amide bonds. The Morgan fingerprint density at radius 3 is 2.77 bits per heavy atom. The third kappa shape index (κ3) is 2.53. The molecule has 26 heavy (non-hydrogen) atoms. The summed E-state index contributed by atoms with van der Waals surface area (Å²) in [5.74, 6) is -2.07. The van der Waals surface area contributed by atoms with Gasteiger partial charge in [-0.1, -0.05) is 6.07 Å². The van der Waals surface area contributed by atoms with Gasteiger partial charge in [0.05, 0.1) is 17.3 Å². The Bertz CT molecular complexity index is 921. The number of benzene rings is 1. The van der Waals surface area contributed by atoms with Crippen molar-refractivity contribution in [3.05, 3.63) is 47.3 Å². The lowest BCUT2D eigenvalue weighted by molar-refractivity contribution is -0.136. The summed E-state index contributed by atoms with van der Waals surface area (Å²) in [5.41, 5.74) is 1.89. The molecule has 1 fully saturated rings. The fourth-order valence-electron chi connectivity index (χ4n) is 3.23. The number of rotatable bonds is 4. The lowest BCUT2D eigenvalue weighted by atomic mass is 10.0. The Hall–Kier alpha value is -3.49. The SMILES string of the molecule is O=C1CCC(N2C(=O)c3cccc(NCc4cn[nH]c4)c3C2=O)C(=O)N1. The van der Waals surface area contributed by atoms with Crippen molar-refractivity contribution in [3.63, 3.8) is 0 Å². The lowest BCUT2D eigenvalue weighted by Crippen LogP contribution is -2.54. The zero-order chi connectivity index (χ0) is 18.3. The van der Waals surface area contributed by atoms with Crippen LogP contribution in [0, 0.1) is 0 Å². The predicted molar refractivity (Wildman–Crippen MR) is 89.0 cm³/mol. The minimum atomic E-state index is -0.971. The van der Waals surface area contributed by atoms with E-state index in [4.69, 9.17) is 0 Å². The van der Waals surface area contributed by atoms with Crippen LogP contribution in [0.1, 0.15) is 39.1 Å². The van der Waals surface area contributed by atoms with Crippen LogP contribution in [0.4, 0.5) is 5.69 Å². The molecule has 2 aliphatic heterocycles. The minimum absolute atomic E-state index is 0.0927. The monoisotopic (exact) mass is 353 g/mol. The van der Waals surface area contributed by atoms with Gasteiger partial charge < -0.3 is 5.32 Å². The number of aromatic amines is 1. The van der Waals surface area contributed by atoms with E-state index in [1.165, 1.54) is 0 Å². The van der Waals surface area contributed by atoms with Gasteiger partial charge in [-0.05, 0) is 18.6 Å². The summed E-state index contributed by atoms with van der Waals surface area (Å²) in [6, 6.07) is 3.97. The first-order valence-corrected chi connectivity index (χ1v) is 8.12. The topological polar surface area (TPSA) is 124 Å². The highest BCUT2D eigenvalue weighted by Crippen LogP contribution is 2.32. The normalized spacial score (nSPS) is 19.5. The van der Waals surface area contributed by atoms with Crippen LogP contribution in [0.5, 0.6) is 0 Å². The van der Waals surface area contributed by atoms with E-state index in [1.807, 2.05) is 0 Å². The van der Waals surface area contributed by atoms with E-state index in [2.05, 4.69) is 20.8 Å². The lowest BCUT2D eigenvalue weighted by Gasteiger charge is -2.27. The summed E-state index contributed by atoms with van der Waals surface area (Å²) >= 11 is 0. The Labute approximate surface area is 147 Å². The summed E-state index contributed by atoms with van der Waals surface area (Å²) in [7, 11) is 0. The Morgan fingerprint density at radius 2 is 2.04 bits per heavy atom. The van der Waals surface area contributed by atoms with Crippen LogP contribution >= 0.6 is 0 Å². The van der Waals surface area contributed by atoms with Gasteiger partial charge in [-0.25, -0.2) is 0 Å². The second-order valence-electron chi connectivity index (χ2n) is 6.14. The number of piperidine rings is 1. The molecule has 0 bridgehead atoms. The van der Waals surface area contributed by atoms with Crippen LogP contribution < -0.4 is 10.6 Å². The van der Waals surface area contributed by atoms with Crippen molar-refractivity contribution in [1.82, 2.24) is 20.4 Å². The van der Waals surface area contributed by atoms with Gasteiger partial charge in [0.1, 0.15) is 6.04 Å². The number of carbonyl (C=O) groups excluding carboxylic acids is 4. The van der Waals surface area contributed by atoms with Crippen molar-refractivity contribution in [3.8, 4) is 0 Å². The molecule has 132 valence electrons. The summed E-state index contributed by atoms with van der Waals surface area (Å²) in [6.45, 7) is 0.423. The highest BCUT2D eigenvalue weighted by atomic mass is 16.2. The van der Waals surface area contributed by atoms with Gasteiger partial charge in [-0.3, -0.25) is 34.5 Å². The third-order valence-corrected chi connectivity index (χ3v) is 4.51. The molecule has 1 atom stereocenters. The van der Waals surface area contributed by atoms with Crippen molar-refractivity contribution < 1.29 is 19.2 Å². The molecule has 3 N–H and O–H groups in total. The summed E-state index contributed by atoms with van der Waals surface area (Å²) in [5, 5.41) is 11.9. The minimum Gasteiger partial charge on any atom is -0.380 e.